The molecule has 1 aromatic rings. The molecule has 0 aliphatic carbocycles. The first kappa shape index (κ1) is 14.0. The largest absolute Gasteiger partial charge is 0.416 e. The van der Waals surface area contributed by atoms with Crippen LogP contribution in [0, 0.1) is 11.3 Å². The summed E-state index contributed by atoms with van der Waals surface area (Å²) in [5.41, 5.74) is -1.07. The van der Waals surface area contributed by atoms with Crippen LogP contribution in [0.25, 0.3) is 0 Å². The second-order valence-corrected chi connectivity index (χ2v) is 3.62. The number of alkyl halides is 3. The van der Waals surface area contributed by atoms with Gasteiger partial charge in [0.1, 0.15) is 6.54 Å². The van der Waals surface area contributed by atoms with Crippen molar-refractivity contribution in [1.29, 1.82) is 5.26 Å². The van der Waals surface area contributed by atoms with Crippen LogP contribution in [0.1, 0.15) is 11.1 Å². The van der Waals surface area contributed by atoms with Crippen molar-refractivity contribution in [3.63, 3.8) is 0 Å². The molecule has 18 heavy (non-hydrogen) atoms. The number of nitriles is 1. The number of likely N-dealkylation sites (N-methyl/N-ethyl adjacent to an activating group) is 1. The van der Waals surface area contributed by atoms with E-state index in [4.69, 9.17) is 5.26 Å². The lowest BCUT2D eigenvalue weighted by Gasteiger charge is -2.15. The monoisotopic (exact) mass is 257 g/mol. The van der Waals surface area contributed by atoms with E-state index < -0.39 is 24.1 Å². The summed E-state index contributed by atoms with van der Waals surface area (Å²) in [5, 5.41) is 8.40. The van der Waals surface area contributed by atoms with E-state index in [2.05, 4.69) is 4.98 Å². The number of halogens is 3. The van der Waals surface area contributed by atoms with Crippen LogP contribution in [0.3, 0.4) is 0 Å². The SMILES string of the molecule is CN(CC#N)C(=O)Cc1cnccc1C(F)(F)F. The number of nitrogens with zero attached hydrogens (tertiary/aromatic N) is 3. The normalized spacial score (nSPS) is 10.8. The van der Waals surface area contributed by atoms with Crippen molar-refractivity contribution in [3.8, 4) is 6.07 Å². The Labute approximate surface area is 102 Å². The first-order valence-electron chi connectivity index (χ1n) is 4.97. The molecule has 0 radical (unpaired) electrons. The third-order valence-corrected chi connectivity index (χ3v) is 2.28. The molecule has 1 amide bonds. The first-order valence-corrected chi connectivity index (χ1v) is 4.97. The molecule has 0 aliphatic heterocycles. The number of carbonyl (C=O) groups excluding carboxylic acids is 1. The number of hydrogen-bond acceptors (Lipinski definition) is 3. The van der Waals surface area contributed by atoms with Gasteiger partial charge in [-0.15, -0.1) is 0 Å². The molecular formula is C11H10F3N3O. The predicted molar refractivity (Wildman–Crippen MR) is 56.2 cm³/mol. The van der Waals surface area contributed by atoms with E-state index in [-0.39, 0.29) is 12.1 Å². The summed E-state index contributed by atoms with van der Waals surface area (Å²) in [6.45, 7) is -0.166. The molecule has 0 saturated carbocycles. The van der Waals surface area contributed by atoms with Crippen LogP contribution in [0.4, 0.5) is 13.2 Å². The lowest BCUT2D eigenvalue weighted by molar-refractivity contribution is -0.138. The van der Waals surface area contributed by atoms with Gasteiger partial charge in [0.05, 0.1) is 18.1 Å². The van der Waals surface area contributed by atoms with E-state index in [9.17, 15) is 18.0 Å². The van der Waals surface area contributed by atoms with E-state index in [1.54, 1.807) is 6.07 Å². The molecule has 0 bridgehead atoms. The standard InChI is InChI=1S/C11H10F3N3O/c1-17(5-3-15)10(18)6-8-7-16-4-2-9(8)11(12,13)14/h2,4,7H,5-6H2,1H3. The van der Waals surface area contributed by atoms with Crippen molar-refractivity contribution in [2.75, 3.05) is 13.6 Å². The summed E-state index contributed by atoms with van der Waals surface area (Å²) in [6.07, 6.45) is -2.91. The Hall–Kier alpha value is -2.10. The second-order valence-electron chi connectivity index (χ2n) is 3.62. The topological polar surface area (TPSA) is 57.0 Å². The maximum Gasteiger partial charge on any atom is 0.416 e. The fraction of sp³-hybridized carbons (Fsp3) is 0.364. The number of aromatic nitrogens is 1. The number of amides is 1. The predicted octanol–water partition coefficient (Wildman–Crippen LogP) is 1.62. The number of rotatable bonds is 3. The minimum atomic E-state index is -4.52. The first-order chi connectivity index (χ1) is 8.36. The highest BCUT2D eigenvalue weighted by molar-refractivity contribution is 5.79. The zero-order valence-corrected chi connectivity index (χ0v) is 9.53. The van der Waals surface area contributed by atoms with E-state index in [0.29, 0.717) is 0 Å². The van der Waals surface area contributed by atoms with Gasteiger partial charge in [0.2, 0.25) is 5.91 Å². The molecule has 0 saturated heterocycles. The minimum absolute atomic E-state index is 0.166. The maximum absolute atomic E-state index is 12.6. The average molecular weight is 257 g/mol. The lowest BCUT2D eigenvalue weighted by atomic mass is 10.1. The third kappa shape index (κ3) is 3.45. The van der Waals surface area contributed by atoms with Crippen molar-refractivity contribution in [2.24, 2.45) is 0 Å². The van der Waals surface area contributed by atoms with Gasteiger partial charge in [-0.05, 0) is 11.6 Å². The third-order valence-electron chi connectivity index (χ3n) is 2.28. The van der Waals surface area contributed by atoms with E-state index in [0.717, 1.165) is 23.4 Å². The van der Waals surface area contributed by atoms with Crippen molar-refractivity contribution >= 4 is 5.91 Å². The molecule has 0 unspecified atom stereocenters. The van der Waals surface area contributed by atoms with Gasteiger partial charge in [-0.25, -0.2) is 0 Å². The van der Waals surface area contributed by atoms with Crippen LogP contribution >= 0.6 is 0 Å². The summed E-state index contributed by atoms with van der Waals surface area (Å²) in [5.74, 6) is -0.560. The van der Waals surface area contributed by atoms with Crippen LogP contribution in [0.2, 0.25) is 0 Å². The van der Waals surface area contributed by atoms with Gasteiger partial charge in [-0.1, -0.05) is 0 Å². The van der Waals surface area contributed by atoms with Gasteiger partial charge in [0.25, 0.3) is 0 Å². The van der Waals surface area contributed by atoms with Gasteiger partial charge in [0.15, 0.2) is 0 Å². The van der Waals surface area contributed by atoms with Gasteiger partial charge in [-0.3, -0.25) is 9.78 Å². The molecule has 4 nitrogen and oxygen atoms in total. The lowest BCUT2D eigenvalue weighted by Crippen LogP contribution is -2.29. The molecule has 0 aromatic carbocycles. The Morgan fingerprint density at radius 3 is 2.78 bits per heavy atom. The summed E-state index contributed by atoms with van der Waals surface area (Å²) in [7, 11) is 1.36. The summed E-state index contributed by atoms with van der Waals surface area (Å²) in [4.78, 5) is 16.2. The fourth-order valence-corrected chi connectivity index (χ4v) is 1.34. The minimum Gasteiger partial charge on any atom is -0.332 e. The fourth-order valence-electron chi connectivity index (χ4n) is 1.34. The van der Waals surface area contributed by atoms with Crippen molar-refractivity contribution in [1.82, 2.24) is 9.88 Å². The van der Waals surface area contributed by atoms with Crippen LogP contribution in [-0.4, -0.2) is 29.4 Å². The quantitative estimate of drug-likeness (QED) is 0.773. The van der Waals surface area contributed by atoms with Crippen LogP contribution in [0.5, 0.6) is 0 Å². The highest BCUT2D eigenvalue weighted by Crippen LogP contribution is 2.31. The second kappa shape index (κ2) is 5.49. The Balaban J connectivity index is 2.92. The van der Waals surface area contributed by atoms with Gasteiger partial charge < -0.3 is 4.90 Å². The number of carbonyl (C=O) groups is 1. The summed E-state index contributed by atoms with van der Waals surface area (Å²) >= 11 is 0. The zero-order valence-electron chi connectivity index (χ0n) is 9.53. The van der Waals surface area contributed by atoms with Crippen LogP contribution < -0.4 is 0 Å². The maximum atomic E-state index is 12.6. The molecule has 0 fully saturated rings. The Morgan fingerprint density at radius 2 is 2.22 bits per heavy atom. The Kier molecular flexibility index (Phi) is 4.26. The van der Waals surface area contributed by atoms with Crippen molar-refractivity contribution < 1.29 is 18.0 Å². The summed E-state index contributed by atoms with van der Waals surface area (Å²) in [6, 6.07) is 2.57. The number of pyridine rings is 1. The highest BCUT2D eigenvalue weighted by Gasteiger charge is 2.33. The van der Waals surface area contributed by atoms with E-state index in [1.807, 2.05) is 0 Å². The smallest absolute Gasteiger partial charge is 0.332 e. The van der Waals surface area contributed by atoms with Crippen molar-refractivity contribution in [3.05, 3.63) is 29.6 Å². The number of hydrogen-bond donors (Lipinski definition) is 0. The van der Waals surface area contributed by atoms with E-state index in [1.165, 1.54) is 7.05 Å². The van der Waals surface area contributed by atoms with Crippen LogP contribution in [-0.2, 0) is 17.4 Å². The highest BCUT2D eigenvalue weighted by atomic mass is 19.4. The molecule has 7 heteroatoms. The molecule has 1 rings (SSSR count). The van der Waals surface area contributed by atoms with Crippen LogP contribution in [0.15, 0.2) is 18.5 Å². The van der Waals surface area contributed by atoms with Gasteiger partial charge in [0, 0.05) is 19.4 Å². The van der Waals surface area contributed by atoms with E-state index >= 15 is 0 Å². The Morgan fingerprint density at radius 1 is 1.56 bits per heavy atom. The molecule has 0 atom stereocenters. The molecule has 1 aromatic heterocycles. The molecule has 0 N–H and O–H groups in total. The van der Waals surface area contributed by atoms with Crippen molar-refractivity contribution in [2.45, 2.75) is 12.6 Å². The Bertz CT molecular complexity index is 479. The average Bonchev–Trinajstić information content (AvgIpc) is 2.28. The van der Waals surface area contributed by atoms with Gasteiger partial charge >= 0.3 is 6.18 Å². The summed E-state index contributed by atoms with van der Waals surface area (Å²) < 4.78 is 37.9. The van der Waals surface area contributed by atoms with Gasteiger partial charge in [-0.2, -0.15) is 18.4 Å². The zero-order chi connectivity index (χ0) is 13.8. The molecule has 0 spiro atoms. The molecule has 96 valence electrons. The molecule has 1 heterocycles. The molecule has 0 aliphatic rings. The molecular weight excluding hydrogens is 247 g/mol.